The van der Waals surface area contributed by atoms with Crippen LogP contribution in [0.4, 0.5) is 0 Å². The smallest absolute Gasteiger partial charge is 0.326 e. The normalized spacial score (nSPS) is 13.6. The van der Waals surface area contributed by atoms with Gasteiger partial charge in [0.05, 0.1) is 6.04 Å². The largest absolute Gasteiger partial charge is 0.480 e. The molecule has 0 heterocycles. The molecule has 0 saturated carbocycles. The molecule has 2 unspecified atom stereocenters. The van der Waals surface area contributed by atoms with Crippen molar-refractivity contribution in [3.8, 4) is 0 Å². The first-order valence-electron chi connectivity index (χ1n) is 6.53. The van der Waals surface area contributed by atoms with Crippen LogP contribution in [0.25, 0.3) is 0 Å². The van der Waals surface area contributed by atoms with E-state index in [9.17, 15) is 9.59 Å². The maximum atomic E-state index is 11.3. The Labute approximate surface area is 114 Å². The number of carbonyl (C=O) groups is 2. The highest BCUT2D eigenvalue weighted by atomic mass is 16.4. The van der Waals surface area contributed by atoms with Crippen molar-refractivity contribution in [1.82, 2.24) is 4.90 Å². The first-order chi connectivity index (χ1) is 9.01. The van der Waals surface area contributed by atoms with Crippen molar-refractivity contribution in [2.24, 2.45) is 0 Å². The third-order valence-corrected chi connectivity index (χ3v) is 3.31. The highest BCUT2D eigenvalue weighted by Crippen LogP contribution is 2.26. The van der Waals surface area contributed by atoms with Crippen molar-refractivity contribution in [2.75, 3.05) is 0 Å². The molecule has 4 heteroatoms. The number of amides is 1. The van der Waals surface area contributed by atoms with Gasteiger partial charge in [-0.1, -0.05) is 43.2 Å². The number of carboxylic acids is 1. The fraction of sp³-hybridized carbons (Fsp3) is 0.467. The molecule has 104 valence electrons. The predicted octanol–water partition coefficient (Wildman–Crippen LogP) is 2.77. The molecular weight excluding hydrogens is 242 g/mol. The Morgan fingerprint density at radius 2 is 1.95 bits per heavy atom. The Morgan fingerprint density at radius 1 is 1.37 bits per heavy atom. The van der Waals surface area contributed by atoms with Crippen LogP contribution < -0.4 is 0 Å². The van der Waals surface area contributed by atoms with Crippen LogP contribution in [-0.2, 0) is 9.59 Å². The SMILES string of the molecule is CCCC(c1ccc(C)cc1)N(C=O)C(C)C(=O)O. The minimum atomic E-state index is -0.986. The molecule has 19 heavy (non-hydrogen) atoms. The van der Waals surface area contributed by atoms with Crippen LogP contribution in [0.3, 0.4) is 0 Å². The summed E-state index contributed by atoms with van der Waals surface area (Å²) < 4.78 is 0. The number of hydrogen-bond donors (Lipinski definition) is 1. The van der Waals surface area contributed by atoms with Gasteiger partial charge in [0.25, 0.3) is 0 Å². The van der Waals surface area contributed by atoms with E-state index in [0.29, 0.717) is 6.41 Å². The molecule has 2 atom stereocenters. The van der Waals surface area contributed by atoms with E-state index in [1.54, 1.807) is 0 Å². The minimum Gasteiger partial charge on any atom is -0.480 e. The van der Waals surface area contributed by atoms with Gasteiger partial charge < -0.3 is 10.0 Å². The van der Waals surface area contributed by atoms with E-state index in [0.717, 1.165) is 24.0 Å². The lowest BCUT2D eigenvalue weighted by molar-refractivity contribution is -0.147. The van der Waals surface area contributed by atoms with E-state index in [-0.39, 0.29) is 6.04 Å². The Morgan fingerprint density at radius 3 is 2.37 bits per heavy atom. The van der Waals surface area contributed by atoms with Gasteiger partial charge in [-0.3, -0.25) is 4.79 Å². The summed E-state index contributed by atoms with van der Waals surface area (Å²) >= 11 is 0. The Kier molecular flexibility index (Phi) is 5.55. The van der Waals surface area contributed by atoms with Crippen LogP contribution in [0, 0.1) is 6.92 Å². The zero-order valence-corrected chi connectivity index (χ0v) is 11.7. The van der Waals surface area contributed by atoms with E-state index < -0.39 is 12.0 Å². The summed E-state index contributed by atoms with van der Waals surface area (Å²) in [7, 11) is 0. The Hall–Kier alpha value is -1.84. The van der Waals surface area contributed by atoms with Gasteiger partial charge in [0.1, 0.15) is 6.04 Å². The van der Waals surface area contributed by atoms with Crippen molar-refractivity contribution >= 4 is 12.4 Å². The minimum absolute atomic E-state index is 0.186. The molecule has 0 spiro atoms. The number of rotatable bonds is 7. The number of nitrogens with zero attached hydrogens (tertiary/aromatic N) is 1. The molecule has 1 rings (SSSR count). The fourth-order valence-electron chi connectivity index (χ4n) is 2.11. The summed E-state index contributed by atoms with van der Waals surface area (Å²) in [5.74, 6) is -0.986. The molecule has 1 amide bonds. The first kappa shape index (κ1) is 15.2. The second kappa shape index (κ2) is 6.92. The van der Waals surface area contributed by atoms with Crippen LogP contribution in [0.5, 0.6) is 0 Å². The van der Waals surface area contributed by atoms with Crippen LogP contribution in [-0.4, -0.2) is 28.4 Å². The second-order valence-corrected chi connectivity index (χ2v) is 4.78. The molecule has 0 aliphatic rings. The number of carboxylic acid groups (broad SMARTS) is 1. The van der Waals surface area contributed by atoms with Gasteiger partial charge in [0.2, 0.25) is 6.41 Å². The lowest BCUT2D eigenvalue weighted by Gasteiger charge is -2.31. The average Bonchev–Trinajstić information content (AvgIpc) is 2.39. The summed E-state index contributed by atoms with van der Waals surface area (Å²) in [6.45, 7) is 5.55. The predicted molar refractivity (Wildman–Crippen MR) is 73.8 cm³/mol. The maximum Gasteiger partial charge on any atom is 0.326 e. The van der Waals surface area contributed by atoms with Gasteiger partial charge in [-0.2, -0.15) is 0 Å². The van der Waals surface area contributed by atoms with E-state index >= 15 is 0 Å². The zero-order valence-electron chi connectivity index (χ0n) is 11.7. The average molecular weight is 263 g/mol. The quantitative estimate of drug-likeness (QED) is 0.769. The van der Waals surface area contributed by atoms with Gasteiger partial charge in [0.15, 0.2) is 0 Å². The van der Waals surface area contributed by atoms with Crippen molar-refractivity contribution < 1.29 is 14.7 Å². The van der Waals surface area contributed by atoms with Gasteiger partial charge in [0, 0.05) is 0 Å². The molecule has 1 N–H and O–H groups in total. The number of aryl methyl sites for hydroxylation is 1. The Bertz CT molecular complexity index is 428. The second-order valence-electron chi connectivity index (χ2n) is 4.78. The van der Waals surface area contributed by atoms with E-state index in [1.165, 1.54) is 11.8 Å². The van der Waals surface area contributed by atoms with Crippen LogP contribution in [0.1, 0.15) is 43.9 Å². The topological polar surface area (TPSA) is 57.6 Å². The molecular formula is C15H21NO3. The lowest BCUT2D eigenvalue weighted by atomic mass is 9.98. The van der Waals surface area contributed by atoms with Crippen molar-refractivity contribution in [2.45, 2.75) is 45.7 Å². The molecule has 0 aromatic heterocycles. The third kappa shape index (κ3) is 3.81. The highest BCUT2D eigenvalue weighted by molar-refractivity contribution is 5.76. The van der Waals surface area contributed by atoms with Crippen LogP contribution in [0.2, 0.25) is 0 Å². The molecule has 1 aromatic rings. The number of aliphatic carboxylic acids is 1. The lowest BCUT2D eigenvalue weighted by Crippen LogP contribution is -2.40. The molecule has 0 fully saturated rings. The Balaban J connectivity index is 3.06. The summed E-state index contributed by atoms with van der Waals surface area (Å²) in [4.78, 5) is 23.7. The summed E-state index contributed by atoms with van der Waals surface area (Å²) in [5.41, 5.74) is 2.12. The number of carbonyl (C=O) groups excluding carboxylic acids is 1. The van der Waals surface area contributed by atoms with Crippen molar-refractivity contribution in [3.63, 3.8) is 0 Å². The number of benzene rings is 1. The molecule has 0 aliphatic heterocycles. The molecule has 0 aliphatic carbocycles. The van der Waals surface area contributed by atoms with Crippen molar-refractivity contribution in [1.29, 1.82) is 0 Å². The molecule has 1 aromatic carbocycles. The van der Waals surface area contributed by atoms with Gasteiger partial charge in [-0.05, 0) is 25.8 Å². The molecule has 0 bridgehead atoms. The van der Waals surface area contributed by atoms with Gasteiger partial charge >= 0.3 is 5.97 Å². The third-order valence-electron chi connectivity index (χ3n) is 3.31. The molecule has 4 nitrogen and oxygen atoms in total. The zero-order chi connectivity index (χ0) is 14.4. The molecule has 0 radical (unpaired) electrons. The van der Waals surface area contributed by atoms with Gasteiger partial charge in [-0.25, -0.2) is 4.79 Å². The van der Waals surface area contributed by atoms with Crippen LogP contribution in [0.15, 0.2) is 24.3 Å². The van der Waals surface area contributed by atoms with E-state index in [4.69, 9.17) is 5.11 Å². The van der Waals surface area contributed by atoms with E-state index in [1.807, 2.05) is 38.1 Å². The maximum absolute atomic E-state index is 11.3. The first-order valence-corrected chi connectivity index (χ1v) is 6.53. The van der Waals surface area contributed by atoms with E-state index in [2.05, 4.69) is 0 Å². The molecule has 0 saturated heterocycles. The van der Waals surface area contributed by atoms with Crippen molar-refractivity contribution in [3.05, 3.63) is 35.4 Å². The standard InChI is InChI=1S/C15H21NO3/c1-4-5-14(13-8-6-11(2)7-9-13)16(10-17)12(3)15(18)19/h6-10,12,14H,4-5H2,1-3H3,(H,18,19). The highest BCUT2D eigenvalue weighted by Gasteiger charge is 2.27. The van der Waals surface area contributed by atoms with Gasteiger partial charge in [-0.15, -0.1) is 0 Å². The summed E-state index contributed by atoms with van der Waals surface area (Å²) in [5, 5.41) is 9.09. The summed E-state index contributed by atoms with van der Waals surface area (Å²) in [6.07, 6.45) is 2.27. The van der Waals surface area contributed by atoms with Crippen LogP contribution >= 0.6 is 0 Å². The monoisotopic (exact) mass is 263 g/mol. The summed E-state index contributed by atoms with van der Waals surface area (Å²) in [6, 6.07) is 6.87. The number of hydrogen-bond acceptors (Lipinski definition) is 2. The fourth-order valence-corrected chi connectivity index (χ4v) is 2.11.